The highest BCUT2D eigenvalue weighted by molar-refractivity contribution is 5.94. The normalized spacial score (nSPS) is 15.6. The van der Waals surface area contributed by atoms with Gasteiger partial charge in [-0.15, -0.1) is 0 Å². The zero-order valence-electron chi connectivity index (χ0n) is 16.0. The molecule has 1 atom stereocenters. The van der Waals surface area contributed by atoms with Crippen LogP contribution in [-0.2, 0) is 22.5 Å². The molecule has 1 aromatic heterocycles. The van der Waals surface area contributed by atoms with E-state index in [1.165, 1.54) is 0 Å². The predicted octanol–water partition coefficient (Wildman–Crippen LogP) is 1.28. The van der Waals surface area contributed by atoms with Gasteiger partial charge < -0.3 is 19.5 Å². The van der Waals surface area contributed by atoms with Crippen molar-refractivity contribution in [1.29, 1.82) is 5.26 Å². The van der Waals surface area contributed by atoms with Crippen LogP contribution >= 0.6 is 0 Å². The molecular weight excluding hydrogens is 358 g/mol. The van der Waals surface area contributed by atoms with Gasteiger partial charge in [-0.2, -0.15) is 5.26 Å². The van der Waals surface area contributed by atoms with Crippen molar-refractivity contribution >= 4 is 11.8 Å². The van der Waals surface area contributed by atoms with Crippen LogP contribution in [0, 0.1) is 11.3 Å². The molecule has 0 aliphatic carbocycles. The smallest absolute Gasteiger partial charge is 0.254 e. The van der Waals surface area contributed by atoms with Crippen LogP contribution in [0.25, 0.3) is 0 Å². The van der Waals surface area contributed by atoms with E-state index in [4.69, 9.17) is 10.00 Å². The number of rotatable bonds is 6. The van der Waals surface area contributed by atoms with E-state index in [-0.39, 0.29) is 24.3 Å². The molecule has 2 aromatic rings. The van der Waals surface area contributed by atoms with E-state index < -0.39 is 0 Å². The van der Waals surface area contributed by atoms with Gasteiger partial charge >= 0.3 is 0 Å². The number of amides is 2. The number of methoxy groups -OCH3 is 1. The molecule has 0 radical (unpaired) electrons. The largest absolute Gasteiger partial charge is 0.383 e. The predicted molar refractivity (Wildman–Crippen MR) is 101 cm³/mol. The Morgan fingerprint density at radius 3 is 2.96 bits per heavy atom. The second-order valence-corrected chi connectivity index (χ2v) is 6.67. The highest BCUT2D eigenvalue weighted by atomic mass is 16.5. The summed E-state index contributed by atoms with van der Waals surface area (Å²) in [5.41, 5.74) is 1.62. The van der Waals surface area contributed by atoms with Crippen LogP contribution in [-0.4, -0.2) is 53.1 Å². The lowest BCUT2D eigenvalue weighted by Crippen LogP contribution is -2.41. The molecule has 1 aliphatic heterocycles. The number of benzene rings is 1. The summed E-state index contributed by atoms with van der Waals surface area (Å²) in [7, 11) is 1.58. The van der Waals surface area contributed by atoms with Crippen LogP contribution in [0.4, 0.5) is 0 Å². The number of fused-ring (bicyclic) bond motifs is 1. The molecule has 0 bridgehead atoms. The number of ether oxygens (including phenoxy) is 1. The molecule has 1 aromatic carbocycles. The highest BCUT2D eigenvalue weighted by Gasteiger charge is 2.30. The Hall–Kier alpha value is -3.18. The van der Waals surface area contributed by atoms with E-state index in [1.54, 1.807) is 36.3 Å². The van der Waals surface area contributed by atoms with Gasteiger partial charge in [-0.3, -0.25) is 9.59 Å². The first-order valence-electron chi connectivity index (χ1n) is 9.16. The van der Waals surface area contributed by atoms with Crippen molar-refractivity contribution in [1.82, 2.24) is 19.8 Å². The van der Waals surface area contributed by atoms with E-state index in [0.717, 1.165) is 5.82 Å². The Balaban J connectivity index is 1.71. The molecule has 28 heavy (non-hydrogen) atoms. The number of aromatic nitrogens is 2. The first kappa shape index (κ1) is 19.6. The fourth-order valence-electron chi connectivity index (χ4n) is 3.32. The lowest BCUT2D eigenvalue weighted by molar-refractivity contribution is -0.120. The van der Waals surface area contributed by atoms with Crippen LogP contribution in [0.3, 0.4) is 0 Å². The maximum absolute atomic E-state index is 12.9. The molecule has 8 nitrogen and oxygen atoms in total. The molecule has 146 valence electrons. The molecule has 0 spiro atoms. The Morgan fingerprint density at radius 1 is 1.39 bits per heavy atom. The second kappa shape index (κ2) is 8.67. The number of carbonyl (C=O) groups is 2. The van der Waals surface area contributed by atoms with Gasteiger partial charge in [0.1, 0.15) is 5.82 Å². The third-order valence-electron chi connectivity index (χ3n) is 4.75. The quantitative estimate of drug-likeness (QED) is 0.760. The van der Waals surface area contributed by atoms with Crippen LogP contribution in [0.15, 0.2) is 30.5 Å². The Bertz CT molecular complexity index is 915. The number of hydrogen-bond donors (Lipinski definition) is 1. The summed E-state index contributed by atoms with van der Waals surface area (Å²) in [4.78, 5) is 31.3. The van der Waals surface area contributed by atoms with Crippen molar-refractivity contribution in [3.63, 3.8) is 0 Å². The lowest BCUT2D eigenvalue weighted by Gasteiger charge is -2.33. The second-order valence-electron chi connectivity index (χ2n) is 6.67. The SMILES string of the molecule is COCCNC(=O)Cc1cn2c(n1)[C@H](C)N(C(=O)c1cccc(C#N)c1)CC2. The molecule has 1 N–H and O–H groups in total. The maximum Gasteiger partial charge on any atom is 0.254 e. The number of hydrogen-bond acceptors (Lipinski definition) is 5. The lowest BCUT2D eigenvalue weighted by atomic mass is 10.1. The van der Waals surface area contributed by atoms with Crippen molar-refractivity contribution in [3.05, 3.63) is 53.1 Å². The van der Waals surface area contributed by atoms with Gasteiger partial charge in [0.2, 0.25) is 5.91 Å². The minimum absolute atomic E-state index is 0.110. The van der Waals surface area contributed by atoms with E-state index in [0.29, 0.717) is 43.1 Å². The number of nitrogens with one attached hydrogen (secondary N) is 1. The Labute approximate surface area is 163 Å². The molecule has 8 heteroatoms. The van der Waals surface area contributed by atoms with Gasteiger partial charge in [-0.05, 0) is 25.1 Å². The number of nitrogens with zero attached hydrogens (tertiary/aromatic N) is 4. The van der Waals surface area contributed by atoms with Gasteiger partial charge in [0.05, 0.1) is 36.4 Å². The van der Waals surface area contributed by atoms with Crippen molar-refractivity contribution in [2.75, 3.05) is 26.8 Å². The third-order valence-corrected chi connectivity index (χ3v) is 4.75. The fraction of sp³-hybridized carbons (Fsp3) is 0.400. The number of nitriles is 1. The minimum Gasteiger partial charge on any atom is -0.383 e. The summed E-state index contributed by atoms with van der Waals surface area (Å²) in [5, 5.41) is 11.8. The molecule has 2 heterocycles. The van der Waals surface area contributed by atoms with Crippen molar-refractivity contribution in [2.45, 2.75) is 25.9 Å². The van der Waals surface area contributed by atoms with E-state index in [9.17, 15) is 9.59 Å². The van der Waals surface area contributed by atoms with E-state index >= 15 is 0 Å². The standard InChI is InChI=1S/C20H23N5O3/c1-14-19-23-17(11-18(26)22-6-9-28-2)13-24(19)7-8-25(14)20(27)16-5-3-4-15(10-16)12-21/h3-5,10,13-14H,6-9,11H2,1-2H3,(H,22,26)/t14-/m0/s1. The molecule has 0 saturated carbocycles. The fourth-order valence-corrected chi connectivity index (χ4v) is 3.32. The average Bonchev–Trinajstić information content (AvgIpc) is 3.11. The molecule has 0 unspecified atom stereocenters. The Morgan fingerprint density at radius 2 is 2.21 bits per heavy atom. The first-order valence-corrected chi connectivity index (χ1v) is 9.16. The topological polar surface area (TPSA) is 100 Å². The van der Waals surface area contributed by atoms with Crippen molar-refractivity contribution in [2.24, 2.45) is 0 Å². The van der Waals surface area contributed by atoms with Gasteiger partial charge in [0, 0.05) is 38.5 Å². The molecule has 2 amide bonds. The summed E-state index contributed by atoms with van der Waals surface area (Å²) in [6, 6.07) is 8.54. The summed E-state index contributed by atoms with van der Waals surface area (Å²) >= 11 is 0. The third kappa shape index (κ3) is 4.21. The summed E-state index contributed by atoms with van der Waals surface area (Å²) in [6.07, 6.45) is 2.06. The first-order chi connectivity index (χ1) is 13.5. The van der Waals surface area contributed by atoms with Crippen LogP contribution < -0.4 is 5.32 Å². The van der Waals surface area contributed by atoms with E-state index in [1.807, 2.05) is 17.7 Å². The van der Waals surface area contributed by atoms with Gasteiger partial charge in [-0.1, -0.05) is 6.07 Å². The molecule has 0 saturated heterocycles. The van der Waals surface area contributed by atoms with Gasteiger partial charge in [-0.25, -0.2) is 4.98 Å². The van der Waals surface area contributed by atoms with Crippen LogP contribution in [0.2, 0.25) is 0 Å². The van der Waals surface area contributed by atoms with Crippen LogP contribution in [0.1, 0.15) is 40.4 Å². The van der Waals surface area contributed by atoms with Crippen LogP contribution in [0.5, 0.6) is 0 Å². The summed E-state index contributed by atoms with van der Waals surface area (Å²) < 4.78 is 6.92. The number of carbonyl (C=O) groups excluding carboxylic acids is 2. The van der Waals surface area contributed by atoms with Gasteiger partial charge in [0.25, 0.3) is 5.91 Å². The van der Waals surface area contributed by atoms with Crippen molar-refractivity contribution in [3.8, 4) is 6.07 Å². The maximum atomic E-state index is 12.9. The van der Waals surface area contributed by atoms with E-state index in [2.05, 4.69) is 16.4 Å². The van der Waals surface area contributed by atoms with Gasteiger partial charge in [0.15, 0.2) is 0 Å². The zero-order valence-corrected chi connectivity index (χ0v) is 16.0. The molecule has 1 aliphatic rings. The molecular formula is C20H23N5O3. The zero-order chi connectivity index (χ0) is 20.1. The van der Waals surface area contributed by atoms with Crippen molar-refractivity contribution < 1.29 is 14.3 Å². The summed E-state index contributed by atoms with van der Waals surface area (Å²) in [6.45, 7) is 4.00. The molecule has 0 fully saturated rings. The number of imidazole rings is 1. The Kier molecular flexibility index (Phi) is 6.06. The summed E-state index contributed by atoms with van der Waals surface area (Å²) in [5.74, 6) is 0.523. The monoisotopic (exact) mass is 381 g/mol. The highest BCUT2D eigenvalue weighted by Crippen LogP contribution is 2.26. The molecule has 3 rings (SSSR count). The minimum atomic E-state index is -0.225. The average molecular weight is 381 g/mol.